The van der Waals surface area contributed by atoms with Crippen LogP contribution in [-0.4, -0.2) is 24.1 Å². The van der Waals surface area contributed by atoms with Gasteiger partial charge in [-0.05, 0) is 28.1 Å². The molecule has 0 aliphatic carbocycles. The lowest BCUT2D eigenvalue weighted by molar-refractivity contribution is 0.415. The molecule has 0 saturated carbocycles. The zero-order chi connectivity index (χ0) is 13.1. The van der Waals surface area contributed by atoms with Crippen LogP contribution in [0.5, 0.6) is 5.75 Å². The van der Waals surface area contributed by atoms with E-state index in [2.05, 4.69) is 25.9 Å². The number of anilines is 2. The summed E-state index contributed by atoms with van der Waals surface area (Å²) in [5.41, 5.74) is 0.612. The molecule has 0 spiro atoms. The summed E-state index contributed by atoms with van der Waals surface area (Å²) in [7, 11) is 3.43. The molecule has 2 aromatic rings. The summed E-state index contributed by atoms with van der Waals surface area (Å²) in [4.78, 5) is 20.0. The lowest BCUT2D eigenvalue weighted by Crippen LogP contribution is -2.18. The average Bonchev–Trinajstić information content (AvgIpc) is 2.41. The molecule has 1 aromatic heterocycles. The number of halogens is 1. The van der Waals surface area contributed by atoms with E-state index in [0.717, 1.165) is 5.69 Å². The maximum atomic E-state index is 11.5. The second kappa shape index (κ2) is 5.22. The van der Waals surface area contributed by atoms with Gasteiger partial charge in [-0.2, -0.15) is 0 Å². The van der Waals surface area contributed by atoms with Gasteiger partial charge in [0.15, 0.2) is 5.82 Å². The molecule has 0 saturated heterocycles. The normalized spacial score (nSPS) is 10.2. The standard InChI is InChI=1S/C12H12BrN3O2/c1-16(8-5-3-4-6-9(8)18-2)11-10(13)12(17)15-7-14-11/h3-7H,1-2H3,(H,14,15,17). The van der Waals surface area contributed by atoms with E-state index < -0.39 is 0 Å². The summed E-state index contributed by atoms with van der Waals surface area (Å²) < 4.78 is 5.67. The van der Waals surface area contributed by atoms with E-state index in [9.17, 15) is 4.79 Å². The summed E-state index contributed by atoms with van der Waals surface area (Å²) in [5, 5.41) is 0. The Balaban J connectivity index is 2.51. The highest BCUT2D eigenvalue weighted by atomic mass is 79.9. The minimum absolute atomic E-state index is 0.221. The number of nitrogens with one attached hydrogen (secondary N) is 1. The lowest BCUT2D eigenvalue weighted by atomic mass is 10.2. The maximum Gasteiger partial charge on any atom is 0.267 e. The minimum Gasteiger partial charge on any atom is -0.495 e. The van der Waals surface area contributed by atoms with E-state index in [1.165, 1.54) is 6.33 Å². The first-order valence-electron chi connectivity index (χ1n) is 5.25. The molecule has 0 radical (unpaired) electrons. The molecule has 1 heterocycles. The summed E-state index contributed by atoms with van der Waals surface area (Å²) in [6.07, 6.45) is 1.37. The Morgan fingerprint density at radius 2 is 2.11 bits per heavy atom. The van der Waals surface area contributed by atoms with Gasteiger partial charge in [-0.15, -0.1) is 0 Å². The molecule has 0 atom stereocenters. The fraction of sp³-hybridized carbons (Fsp3) is 0.167. The van der Waals surface area contributed by atoms with Crippen LogP contribution < -0.4 is 15.2 Å². The number of hydrogen-bond donors (Lipinski definition) is 1. The summed E-state index contributed by atoms with van der Waals surface area (Å²) in [5.74, 6) is 1.25. The van der Waals surface area contributed by atoms with Gasteiger partial charge in [0.2, 0.25) is 0 Å². The quantitative estimate of drug-likeness (QED) is 0.945. The molecule has 18 heavy (non-hydrogen) atoms. The highest BCUT2D eigenvalue weighted by Gasteiger charge is 2.14. The number of hydrogen-bond acceptors (Lipinski definition) is 4. The van der Waals surface area contributed by atoms with E-state index in [-0.39, 0.29) is 5.56 Å². The van der Waals surface area contributed by atoms with Gasteiger partial charge in [0.1, 0.15) is 10.2 Å². The van der Waals surface area contributed by atoms with Crippen LogP contribution in [0.25, 0.3) is 0 Å². The van der Waals surface area contributed by atoms with Gasteiger partial charge in [-0.25, -0.2) is 4.98 Å². The number of methoxy groups -OCH3 is 1. The first kappa shape index (κ1) is 12.6. The molecule has 1 N–H and O–H groups in total. The van der Waals surface area contributed by atoms with Crippen LogP contribution in [0.2, 0.25) is 0 Å². The highest BCUT2D eigenvalue weighted by Crippen LogP contribution is 2.32. The Morgan fingerprint density at radius 3 is 2.83 bits per heavy atom. The van der Waals surface area contributed by atoms with E-state index in [1.807, 2.05) is 31.3 Å². The second-order valence-corrected chi connectivity index (χ2v) is 4.39. The lowest BCUT2D eigenvalue weighted by Gasteiger charge is -2.21. The van der Waals surface area contributed by atoms with Crippen LogP contribution >= 0.6 is 15.9 Å². The number of aromatic nitrogens is 2. The number of H-pyrrole nitrogens is 1. The summed E-state index contributed by atoms with van der Waals surface area (Å²) in [6.45, 7) is 0. The van der Waals surface area contributed by atoms with Crippen LogP contribution in [0.15, 0.2) is 39.9 Å². The highest BCUT2D eigenvalue weighted by molar-refractivity contribution is 9.10. The van der Waals surface area contributed by atoms with Crippen molar-refractivity contribution in [3.8, 4) is 5.75 Å². The molecule has 94 valence electrons. The van der Waals surface area contributed by atoms with Crippen molar-refractivity contribution in [2.75, 3.05) is 19.1 Å². The van der Waals surface area contributed by atoms with E-state index in [0.29, 0.717) is 16.0 Å². The first-order chi connectivity index (χ1) is 8.65. The van der Waals surface area contributed by atoms with Crippen molar-refractivity contribution in [3.63, 3.8) is 0 Å². The Bertz CT molecular complexity index is 612. The third-order valence-corrected chi connectivity index (χ3v) is 3.26. The SMILES string of the molecule is COc1ccccc1N(C)c1nc[nH]c(=O)c1Br. The molecule has 0 aliphatic heterocycles. The first-order valence-corrected chi connectivity index (χ1v) is 6.04. The molecule has 0 aliphatic rings. The minimum atomic E-state index is -0.221. The predicted molar refractivity (Wildman–Crippen MR) is 73.6 cm³/mol. The second-order valence-electron chi connectivity index (χ2n) is 3.60. The fourth-order valence-electron chi connectivity index (χ4n) is 1.63. The number of benzene rings is 1. The van der Waals surface area contributed by atoms with Crippen LogP contribution in [-0.2, 0) is 0 Å². The monoisotopic (exact) mass is 309 g/mol. The molecule has 0 unspecified atom stereocenters. The molecular weight excluding hydrogens is 298 g/mol. The molecule has 1 aromatic carbocycles. The number of rotatable bonds is 3. The third kappa shape index (κ3) is 2.24. The Kier molecular flexibility index (Phi) is 3.66. The molecule has 6 heteroatoms. The Labute approximate surface area is 113 Å². The zero-order valence-corrected chi connectivity index (χ0v) is 11.6. The van der Waals surface area contributed by atoms with Gasteiger partial charge in [0, 0.05) is 7.05 Å². The third-order valence-electron chi connectivity index (χ3n) is 2.54. The van der Waals surface area contributed by atoms with E-state index in [4.69, 9.17) is 4.74 Å². The predicted octanol–water partition coefficient (Wildman–Crippen LogP) is 2.31. The van der Waals surface area contributed by atoms with Crippen LogP contribution in [0, 0.1) is 0 Å². The number of ether oxygens (including phenoxy) is 1. The number of aromatic amines is 1. The van der Waals surface area contributed by atoms with E-state index in [1.54, 1.807) is 12.0 Å². The van der Waals surface area contributed by atoms with Gasteiger partial charge in [-0.3, -0.25) is 4.79 Å². The van der Waals surface area contributed by atoms with Gasteiger partial charge >= 0.3 is 0 Å². The summed E-state index contributed by atoms with van der Waals surface area (Å²) in [6, 6.07) is 7.53. The van der Waals surface area contributed by atoms with Crippen molar-refractivity contribution in [3.05, 3.63) is 45.4 Å². The van der Waals surface area contributed by atoms with Gasteiger partial charge in [0.05, 0.1) is 19.1 Å². The van der Waals surface area contributed by atoms with Crippen molar-refractivity contribution in [2.45, 2.75) is 0 Å². The number of nitrogens with zero attached hydrogens (tertiary/aromatic N) is 2. The topological polar surface area (TPSA) is 58.2 Å². The molecule has 0 amide bonds. The Hall–Kier alpha value is -1.82. The maximum absolute atomic E-state index is 11.5. The molecule has 0 bridgehead atoms. The van der Waals surface area contributed by atoms with Crippen LogP contribution in [0.3, 0.4) is 0 Å². The largest absolute Gasteiger partial charge is 0.495 e. The summed E-state index contributed by atoms with van der Waals surface area (Å²) >= 11 is 3.24. The van der Waals surface area contributed by atoms with Gasteiger partial charge < -0.3 is 14.6 Å². The average molecular weight is 310 g/mol. The van der Waals surface area contributed by atoms with Crippen LogP contribution in [0.1, 0.15) is 0 Å². The van der Waals surface area contributed by atoms with Crippen molar-refractivity contribution < 1.29 is 4.74 Å². The zero-order valence-electron chi connectivity index (χ0n) is 9.98. The Morgan fingerprint density at radius 1 is 1.39 bits per heavy atom. The molecule has 2 rings (SSSR count). The van der Waals surface area contributed by atoms with Gasteiger partial charge in [0.25, 0.3) is 5.56 Å². The fourth-order valence-corrected chi connectivity index (χ4v) is 2.11. The molecule has 0 fully saturated rings. The molecular formula is C12H12BrN3O2. The van der Waals surface area contributed by atoms with E-state index >= 15 is 0 Å². The molecule has 5 nitrogen and oxygen atoms in total. The van der Waals surface area contributed by atoms with Crippen molar-refractivity contribution in [1.29, 1.82) is 0 Å². The van der Waals surface area contributed by atoms with Crippen molar-refractivity contribution >= 4 is 27.4 Å². The van der Waals surface area contributed by atoms with Crippen molar-refractivity contribution in [2.24, 2.45) is 0 Å². The number of para-hydroxylation sites is 2. The van der Waals surface area contributed by atoms with Gasteiger partial charge in [-0.1, -0.05) is 12.1 Å². The van der Waals surface area contributed by atoms with Crippen LogP contribution in [0.4, 0.5) is 11.5 Å². The smallest absolute Gasteiger partial charge is 0.267 e. The van der Waals surface area contributed by atoms with Crippen molar-refractivity contribution in [1.82, 2.24) is 9.97 Å².